The van der Waals surface area contributed by atoms with Gasteiger partial charge in [0.2, 0.25) is 0 Å². The first-order chi connectivity index (χ1) is 15.2. The number of fused-ring (bicyclic) bond motifs is 1. The van der Waals surface area contributed by atoms with Crippen molar-refractivity contribution in [3.63, 3.8) is 0 Å². The molecule has 3 aliphatic rings. The zero-order chi connectivity index (χ0) is 22.8. The number of aromatic hydroxyl groups is 1. The average molecular weight is 437 g/mol. The molecule has 1 aliphatic carbocycles. The summed E-state index contributed by atoms with van der Waals surface area (Å²) in [6.07, 6.45) is 1.43. The van der Waals surface area contributed by atoms with Gasteiger partial charge in [-0.2, -0.15) is 0 Å². The highest BCUT2D eigenvalue weighted by Crippen LogP contribution is 2.60. The third kappa shape index (κ3) is 2.82. The van der Waals surface area contributed by atoms with Gasteiger partial charge in [-0.25, -0.2) is 0 Å². The second-order valence-electron chi connectivity index (χ2n) is 9.39. The van der Waals surface area contributed by atoms with Crippen molar-refractivity contribution in [1.29, 1.82) is 0 Å². The molecule has 5 unspecified atom stereocenters. The smallest absolute Gasteiger partial charge is 0.270 e. The molecule has 5 rings (SSSR count). The van der Waals surface area contributed by atoms with E-state index < -0.39 is 4.92 Å². The SMILES string of the molecule is CC(NC(=O)c1cccc([N+](=O)[O-])c1)C1Oc2c(O)ccc3c2C12CCN(C)C(C3)C2C. The molecule has 2 aromatic rings. The summed E-state index contributed by atoms with van der Waals surface area (Å²) < 4.78 is 6.41. The number of benzene rings is 2. The number of carbonyl (C=O) groups is 1. The molecule has 1 fully saturated rings. The Bertz CT molecular complexity index is 1120. The molecule has 0 radical (unpaired) electrons. The number of nitro benzene ring substituents is 1. The first-order valence-corrected chi connectivity index (χ1v) is 11.0. The number of piperidine rings is 1. The summed E-state index contributed by atoms with van der Waals surface area (Å²) in [6.45, 7) is 5.06. The number of likely N-dealkylation sites (N-methyl/N-ethyl adjacent to an activating group) is 1. The highest BCUT2D eigenvalue weighted by molar-refractivity contribution is 5.95. The Hall–Kier alpha value is -3.13. The Balaban J connectivity index is 1.50. The molecule has 168 valence electrons. The monoisotopic (exact) mass is 437 g/mol. The van der Waals surface area contributed by atoms with Gasteiger partial charge in [-0.1, -0.05) is 19.1 Å². The molecule has 5 atom stereocenters. The van der Waals surface area contributed by atoms with Crippen molar-refractivity contribution >= 4 is 11.6 Å². The molecular weight excluding hydrogens is 410 g/mol. The van der Waals surface area contributed by atoms with Crippen molar-refractivity contribution in [3.05, 3.63) is 63.2 Å². The first-order valence-electron chi connectivity index (χ1n) is 11.0. The summed E-state index contributed by atoms with van der Waals surface area (Å²) in [5.41, 5.74) is 2.10. The number of carbonyl (C=O) groups excluding carboxylic acids is 1. The fourth-order valence-corrected chi connectivity index (χ4v) is 6.25. The number of phenolic OH excluding ortho intramolecular Hbond substituents is 1. The van der Waals surface area contributed by atoms with Gasteiger partial charge in [-0.3, -0.25) is 14.9 Å². The van der Waals surface area contributed by atoms with Gasteiger partial charge in [0, 0.05) is 34.7 Å². The van der Waals surface area contributed by atoms with Crippen LogP contribution < -0.4 is 10.1 Å². The van der Waals surface area contributed by atoms with Crippen LogP contribution in [0.1, 0.15) is 41.8 Å². The van der Waals surface area contributed by atoms with Crippen molar-refractivity contribution in [2.45, 2.75) is 50.3 Å². The number of nitrogens with one attached hydrogen (secondary N) is 1. The minimum Gasteiger partial charge on any atom is -0.504 e. The summed E-state index contributed by atoms with van der Waals surface area (Å²) in [7, 11) is 2.15. The summed E-state index contributed by atoms with van der Waals surface area (Å²) in [5, 5.41) is 24.7. The maximum absolute atomic E-state index is 13.0. The molecule has 0 aromatic heterocycles. The van der Waals surface area contributed by atoms with Crippen LogP contribution >= 0.6 is 0 Å². The zero-order valence-corrected chi connectivity index (χ0v) is 18.4. The van der Waals surface area contributed by atoms with E-state index in [0.29, 0.717) is 11.8 Å². The lowest BCUT2D eigenvalue weighted by atomic mass is 9.55. The first kappa shape index (κ1) is 20.8. The third-order valence-electron chi connectivity index (χ3n) is 7.84. The number of nitro groups is 1. The predicted octanol–water partition coefficient (Wildman–Crippen LogP) is 3.01. The maximum Gasteiger partial charge on any atom is 0.270 e. The number of rotatable bonds is 4. The summed E-state index contributed by atoms with van der Waals surface area (Å²) in [4.78, 5) is 25.9. The van der Waals surface area contributed by atoms with E-state index in [9.17, 15) is 20.0 Å². The normalized spacial score (nSPS) is 29.0. The quantitative estimate of drug-likeness (QED) is 0.563. The van der Waals surface area contributed by atoms with Crippen molar-refractivity contribution in [1.82, 2.24) is 10.2 Å². The van der Waals surface area contributed by atoms with Gasteiger partial charge in [-0.15, -0.1) is 0 Å². The van der Waals surface area contributed by atoms with Gasteiger partial charge < -0.3 is 20.1 Å². The van der Waals surface area contributed by atoms with E-state index in [1.54, 1.807) is 12.1 Å². The van der Waals surface area contributed by atoms with Crippen molar-refractivity contribution in [2.75, 3.05) is 13.6 Å². The van der Waals surface area contributed by atoms with Gasteiger partial charge >= 0.3 is 0 Å². The van der Waals surface area contributed by atoms with E-state index in [1.165, 1.54) is 23.8 Å². The number of amides is 1. The van der Waals surface area contributed by atoms with Gasteiger partial charge in [0.25, 0.3) is 11.6 Å². The van der Waals surface area contributed by atoms with E-state index >= 15 is 0 Å². The number of hydrogen-bond donors (Lipinski definition) is 2. The Morgan fingerprint density at radius 2 is 2.16 bits per heavy atom. The highest BCUT2D eigenvalue weighted by Gasteiger charge is 2.61. The minimum atomic E-state index is -0.511. The Morgan fingerprint density at radius 3 is 2.91 bits per heavy atom. The van der Waals surface area contributed by atoms with Crippen LogP contribution in [0.25, 0.3) is 0 Å². The number of likely N-dealkylation sites (tertiary alicyclic amines) is 1. The number of phenols is 1. The molecule has 2 heterocycles. The Labute approximate surface area is 186 Å². The maximum atomic E-state index is 13.0. The standard InChI is InChI=1S/C24H27N3O5/c1-13-18-12-15-7-8-19(28)21-20(15)24(13,9-10-26(18)3)22(32-21)14(2)25-23(29)16-5-4-6-17(11-16)27(30)31/h4-8,11,13-14,18,22,28H,9-10,12H2,1-3H3,(H,25,29). The summed E-state index contributed by atoms with van der Waals surface area (Å²) >= 11 is 0. The van der Waals surface area contributed by atoms with Crippen LogP contribution in [-0.4, -0.2) is 52.6 Å². The Kier molecular flexibility index (Phi) is 4.67. The van der Waals surface area contributed by atoms with Gasteiger partial charge in [0.15, 0.2) is 11.5 Å². The predicted molar refractivity (Wildman–Crippen MR) is 118 cm³/mol. The van der Waals surface area contributed by atoms with E-state index in [-0.39, 0.29) is 46.4 Å². The molecule has 8 heteroatoms. The molecule has 32 heavy (non-hydrogen) atoms. The molecule has 1 amide bonds. The van der Waals surface area contributed by atoms with E-state index in [2.05, 4.69) is 24.2 Å². The van der Waals surface area contributed by atoms with Crippen LogP contribution in [0.4, 0.5) is 5.69 Å². The molecule has 2 aromatic carbocycles. The van der Waals surface area contributed by atoms with Crippen LogP contribution in [0, 0.1) is 16.0 Å². The molecule has 1 spiro atoms. The fourth-order valence-electron chi connectivity index (χ4n) is 6.25. The Morgan fingerprint density at radius 1 is 1.38 bits per heavy atom. The van der Waals surface area contributed by atoms with Gasteiger partial charge in [-0.05, 0) is 57.0 Å². The topological polar surface area (TPSA) is 105 Å². The van der Waals surface area contributed by atoms with E-state index in [4.69, 9.17) is 4.74 Å². The van der Waals surface area contributed by atoms with Crippen molar-refractivity contribution in [3.8, 4) is 11.5 Å². The number of nitrogens with zero attached hydrogens (tertiary/aromatic N) is 2. The van der Waals surface area contributed by atoms with Gasteiger partial charge in [0.1, 0.15) is 6.10 Å². The van der Waals surface area contributed by atoms with Crippen LogP contribution in [0.15, 0.2) is 36.4 Å². The van der Waals surface area contributed by atoms with Crippen molar-refractivity contribution in [2.24, 2.45) is 5.92 Å². The van der Waals surface area contributed by atoms with Crippen LogP contribution in [0.2, 0.25) is 0 Å². The average Bonchev–Trinajstić information content (AvgIpc) is 3.12. The minimum absolute atomic E-state index is 0.123. The lowest BCUT2D eigenvalue weighted by molar-refractivity contribution is -0.384. The second-order valence-corrected chi connectivity index (χ2v) is 9.39. The molecule has 8 nitrogen and oxygen atoms in total. The summed E-state index contributed by atoms with van der Waals surface area (Å²) in [5.74, 6) is 0.569. The van der Waals surface area contributed by atoms with Crippen LogP contribution in [-0.2, 0) is 11.8 Å². The van der Waals surface area contributed by atoms with E-state index in [1.807, 2.05) is 13.0 Å². The van der Waals surface area contributed by atoms with Crippen molar-refractivity contribution < 1.29 is 19.6 Å². The molecule has 0 saturated carbocycles. The van der Waals surface area contributed by atoms with Gasteiger partial charge in [0.05, 0.1) is 11.0 Å². The third-order valence-corrected chi connectivity index (χ3v) is 7.84. The number of non-ortho nitro benzene ring substituents is 1. The molecule has 2 N–H and O–H groups in total. The van der Waals surface area contributed by atoms with Crippen LogP contribution in [0.5, 0.6) is 11.5 Å². The van der Waals surface area contributed by atoms with Crippen LogP contribution in [0.3, 0.4) is 0 Å². The molecule has 1 saturated heterocycles. The molecular formula is C24H27N3O5. The lowest BCUT2D eigenvalue weighted by Crippen LogP contribution is -2.64. The fraction of sp³-hybridized carbons (Fsp3) is 0.458. The lowest BCUT2D eigenvalue weighted by Gasteiger charge is -2.55. The largest absolute Gasteiger partial charge is 0.504 e. The number of hydrogen-bond acceptors (Lipinski definition) is 6. The highest BCUT2D eigenvalue weighted by atomic mass is 16.6. The zero-order valence-electron chi connectivity index (χ0n) is 18.4. The van der Waals surface area contributed by atoms with E-state index in [0.717, 1.165) is 24.9 Å². The summed E-state index contributed by atoms with van der Waals surface area (Å²) in [6, 6.07) is 9.40. The molecule has 2 aliphatic heterocycles. The molecule has 2 bridgehead atoms. The second kappa shape index (κ2) is 7.20. The number of ether oxygens (including phenoxy) is 1.